The van der Waals surface area contributed by atoms with E-state index in [4.69, 9.17) is 5.73 Å². The first-order chi connectivity index (χ1) is 6.69. The minimum Gasteiger partial charge on any atom is -0.398 e. The van der Waals surface area contributed by atoms with Gasteiger partial charge in [0, 0.05) is 22.3 Å². The Kier molecular flexibility index (Phi) is 4.42. The molecular weight excluding hydrogens is 240 g/mol. The van der Waals surface area contributed by atoms with Gasteiger partial charge in [0.2, 0.25) is 0 Å². The fourth-order valence-electron chi connectivity index (χ4n) is 1.41. The lowest BCUT2D eigenvalue weighted by atomic mass is 10.1. The van der Waals surface area contributed by atoms with Crippen molar-refractivity contribution < 1.29 is 0 Å². The third-order valence-electron chi connectivity index (χ3n) is 2.43. The second-order valence-electron chi connectivity index (χ2n) is 3.27. The summed E-state index contributed by atoms with van der Waals surface area (Å²) in [6.07, 6.45) is 0. The molecule has 0 atom stereocenters. The van der Waals surface area contributed by atoms with Gasteiger partial charge in [0.15, 0.2) is 0 Å². The molecule has 14 heavy (non-hydrogen) atoms. The number of hydrogen-bond acceptors (Lipinski definition) is 2. The summed E-state index contributed by atoms with van der Waals surface area (Å²) in [4.78, 5) is 2.34. The average Bonchev–Trinajstić information content (AvgIpc) is 2.18. The standard InChI is InChI=1S/C11H17BrN2/c1-3-14(4-2)8-9-10(12)6-5-7-11(9)13/h5-7H,3-4,8,13H2,1-2H3. The van der Waals surface area contributed by atoms with Crippen LogP contribution in [0.15, 0.2) is 22.7 Å². The van der Waals surface area contributed by atoms with Crippen LogP contribution in [0.4, 0.5) is 5.69 Å². The topological polar surface area (TPSA) is 29.3 Å². The zero-order valence-electron chi connectivity index (χ0n) is 8.76. The van der Waals surface area contributed by atoms with E-state index in [2.05, 4.69) is 34.7 Å². The van der Waals surface area contributed by atoms with Gasteiger partial charge in [-0.15, -0.1) is 0 Å². The number of halogens is 1. The van der Waals surface area contributed by atoms with Crippen LogP contribution < -0.4 is 5.73 Å². The van der Waals surface area contributed by atoms with Crippen molar-refractivity contribution in [2.75, 3.05) is 18.8 Å². The molecule has 0 aliphatic rings. The Hall–Kier alpha value is -0.540. The second-order valence-corrected chi connectivity index (χ2v) is 4.12. The van der Waals surface area contributed by atoms with Gasteiger partial charge in [0.05, 0.1) is 0 Å². The molecule has 0 radical (unpaired) electrons. The lowest BCUT2D eigenvalue weighted by Crippen LogP contribution is -2.22. The van der Waals surface area contributed by atoms with Crippen LogP contribution in [0, 0.1) is 0 Å². The monoisotopic (exact) mass is 256 g/mol. The first kappa shape index (κ1) is 11.5. The van der Waals surface area contributed by atoms with Gasteiger partial charge in [-0.3, -0.25) is 4.90 Å². The molecule has 1 aromatic rings. The molecular formula is C11H17BrN2. The minimum atomic E-state index is 0.867. The van der Waals surface area contributed by atoms with Crippen LogP contribution in [0.5, 0.6) is 0 Å². The lowest BCUT2D eigenvalue weighted by Gasteiger charge is -2.19. The molecule has 0 unspecified atom stereocenters. The molecule has 78 valence electrons. The quantitative estimate of drug-likeness (QED) is 0.840. The predicted molar refractivity (Wildman–Crippen MR) is 65.2 cm³/mol. The Morgan fingerprint density at radius 1 is 1.29 bits per heavy atom. The van der Waals surface area contributed by atoms with E-state index in [1.54, 1.807) is 0 Å². The first-order valence-corrected chi connectivity index (χ1v) is 5.73. The number of nitrogen functional groups attached to an aromatic ring is 1. The van der Waals surface area contributed by atoms with E-state index < -0.39 is 0 Å². The van der Waals surface area contributed by atoms with Crippen molar-refractivity contribution in [1.82, 2.24) is 4.90 Å². The SMILES string of the molecule is CCN(CC)Cc1c(N)cccc1Br. The molecule has 3 heteroatoms. The summed E-state index contributed by atoms with van der Waals surface area (Å²) in [6, 6.07) is 5.95. The Bertz CT molecular complexity index is 275. The Balaban J connectivity index is 2.84. The predicted octanol–water partition coefficient (Wildman–Crippen LogP) is 2.87. The molecule has 0 aromatic heterocycles. The number of hydrogen-bond donors (Lipinski definition) is 1. The van der Waals surface area contributed by atoms with Crippen LogP contribution in [-0.2, 0) is 6.54 Å². The molecule has 0 aliphatic heterocycles. The first-order valence-electron chi connectivity index (χ1n) is 4.94. The highest BCUT2D eigenvalue weighted by Crippen LogP contribution is 2.23. The van der Waals surface area contributed by atoms with E-state index >= 15 is 0 Å². The molecule has 0 saturated carbocycles. The molecule has 0 spiro atoms. The van der Waals surface area contributed by atoms with Gasteiger partial charge in [0.25, 0.3) is 0 Å². The highest BCUT2D eigenvalue weighted by atomic mass is 79.9. The molecule has 1 aromatic carbocycles. The van der Waals surface area contributed by atoms with Gasteiger partial charge in [-0.1, -0.05) is 35.8 Å². The minimum absolute atomic E-state index is 0.867. The van der Waals surface area contributed by atoms with Gasteiger partial charge in [-0.05, 0) is 25.2 Å². The van der Waals surface area contributed by atoms with Gasteiger partial charge >= 0.3 is 0 Å². The Labute approximate surface area is 94.2 Å². The van der Waals surface area contributed by atoms with Crippen LogP contribution in [0.25, 0.3) is 0 Å². The summed E-state index contributed by atoms with van der Waals surface area (Å²) in [5.74, 6) is 0. The van der Waals surface area contributed by atoms with Crippen molar-refractivity contribution in [2.45, 2.75) is 20.4 Å². The number of nitrogens with two attached hydrogens (primary N) is 1. The summed E-state index contributed by atoms with van der Waals surface area (Å²) in [7, 11) is 0. The Morgan fingerprint density at radius 3 is 2.43 bits per heavy atom. The van der Waals surface area contributed by atoms with Gasteiger partial charge < -0.3 is 5.73 Å². The second kappa shape index (κ2) is 5.37. The van der Waals surface area contributed by atoms with E-state index in [1.807, 2.05) is 18.2 Å². The molecule has 2 nitrogen and oxygen atoms in total. The van der Waals surface area contributed by atoms with Crippen molar-refractivity contribution in [3.8, 4) is 0 Å². The highest BCUT2D eigenvalue weighted by molar-refractivity contribution is 9.10. The van der Waals surface area contributed by atoms with Crippen LogP contribution in [-0.4, -0.2) is 18.0 Å². The summed E-state index contributed by atoms with van der Waals surface area (Å²) >= 11 is 3.53. The zero-order valence-corrected chi connectivity index (χ0v) is 10.3. The van der Waals surface area contributed by atoms with Gasteiger partial charge in [0.1, 0.15) is 0 Å². The maximum absolute atomic E-state index is 5.92. The fraction of sp³-hybridized carbons (Fsp3) is 0.455. The number of anilines is 1. The molecule has 1 rings (SSSR count). The highest BCUT2D eigenvalue weighted by Gasteiger charge is 2.07. The average molecular weight is 257 g/mol. The van der Waals surface area contributed by atoms with E-state index in [0.717, 1.165) is 29.8 Å². The number of rotatable bonds is 4. The van der Waals surface area contributed by atoms with Gasteiger partial charge in [-0.25, -0.2) is 0 Å². The van der Waals surface area contributed by atoms with Crippen molar-refractivity contribution >= 4 is 21.6 Å². The van der Waals surface area contributed by atoms with Crippen molar-refractivity contribution in [2.24, 2.45) is 0 Å². The van der Waals surface area contributed by atoms with E-state index in [-0.39, 0.29) is 0 Å². The summed E-state index contributed by atoms with van der Waals surface area (Å²) in [5.41, 5.74) is 7.98. The van der Waals surface area contributed by atoms with Crippen LogP contribution in [0.1, 0.15) is 19.4 Å². The van der Waals surface area contributed by atoms with Gasteiger partial charge in [-0.2, -0.15) is 0 Å². The van der Waals surface area contributed by atoms with Crippen LogP contribution in [0.2, 0.25) is 0 Å². The molecule has 0 saturated heterocycles. The smallest absolute Gasteiger partial charge is 0.0371 e. The molecule has 0 heterocycles. The van der Waals surface area contributed by atoms with Crippen molar-refractivity contribution in [3.05, 3.63) is 28.2 Å². The number of benzene rings is 1. The molecule has 2 N–H and O–H groups in total. The molecule has 0 fully saturated rings. The third-order valence-corrected chi connectivity index (χ3v) is 3.17. The zero-order chi connectivity index (χ0) is 10.6. The normalized spacial score (nSPS) is 10.9. The van der Waals surface area contributed by atoms with Crippen molar-refractivity contribution in [1.29, 1.82) is 0 Å². The third kappa shape index (κ3) is 2.72. The van der Waals surface area contributed by atoms with Crippen LogP contribution in [0.3, 0.4) is 0 Å². The molecule has 0 bridgehead atoms. The molecule has 0 amide bonds. The van der Waals surface area contributed by atoms with Crippen molar-refractivity contribution in [3.63, 3.8) is 0 Å². The summed E-state index contributed by atoms with van der Waals surface area (Å²) in [5, 5.41) is 0. The van der Waals surface area contributed by atoms with E-state index in [1.165, 1.54) is 5.56 Å². The summed E-state index contributed by atoms with van der Waals surface area (Å²) in [6.45, 7) is 7.35. The van der Waals surface area contributed by atoms with Crippen LogP contribution >= 0.6 is 15.9 Å². The Morgan fingerprint density at radius 2 is 1.93 bits per heavy atom. The van der Waals surface area contributed by atoms with E-state index in [9.17, 15) is 0 Å². The maximum Gasteiger partial charge on any atom is 0.0371 e. The lowest BCUT2D eigenvalue weighted by molar-refractivity contribution is 0.296. The largest absolute Gasteiger partial charge is 0.398 e. The summed E-state index contributed by atoms with van der Waals surface area (Å²) < 4.78 is 1.10. The fourth-order valence-corrected chi connectivity index (χ4v) is 1.92. The number of nitrogens with zero attached hydrogens (tertiary/aromatic N) is 1. The molecule has 0 aliphatic carbocycles. The van der Waals surface area contributed by atoms with E-state index in [0.29, 0.717) is 0 Å². The maximum atomic E-state index is 5.92.